The molecule has 0 aromatic heterocycles. The van der Waals surface area contributed by atoms with Crippen molar-refractivity contribution in [3.8, 4) is 0 Å². The van der Waals surface area contributed by atoms with Gasteiger partial charge < -0.3 is 11.1 Å². The monoisotopic (exact) mass is 310 g/mol. The third-order valence-electron chi connectivity index (χ3n) is 4.14. The first-order valence-electron chi connectivity index (χ1n) is 7.87. The summed E-state index contributed by atoms with van der Waals surface area (Å²) in [6.07, 6.45) is 7.96. The zero-order valence-corrected chi connectivity index (χ0v) is 13.7. The molecule has 0 saturated heterocycles. The number of amides is 1. The van der Waals surface area contributed by atoms with Gasteiger partial charge in [0, 0.05) is 18.2 Å². The number of nitrogens with one attached hydrogen (secondary N) is 1. The molecule has 1 aliphatic carbocycles. The van der Waals surface area contributed by atoms with Gasteiger partial charge in [0.25, 0.3) is 5.91 Å². The van der Waals surface area contributed by atoms with Crippen LogP contribution in [0.15, 0.2) is 18.2 Å². The first kappa shape index (κ1) is 18.0. The molecule has 1 aromatic rings. The molecule has 0 spiro atoms. The van der Waals surface area contributed by atoms with Crippen LogP contribution in [0.3, 0.4) is 0 Å². The molecule has 0 aliphatic heterocycles. The van der Waals surface area contributed by atoms with Gasteiger partial charge in [-0.1, -0.05) is 25.8 Å². The maximum absolute atomic E-state index is 12.3. The summed E-state index contributed by atoms with van der Waals surface area (Å²) in [5, 5.41) is 3.06. The van der Waals surface area contributed by atoms with Crippen LogP contribution in [0.4, 0.5) is 0 Å². The molecule has 1 atom stereocenters. The summed E-state index contributed by atoms with van der Waals surface area (Å²) >= 11 is 0. The van der Waals surface area contributed by atoms with Crippen LogP contribution < -0.4 is 11.1 Å². The average Bonchev–Trinajstić information content (AvgIpc) is 2.50. The van der Waals surface area contributed by atoms with E-state index in [9.17, 15) is 4.79 Å². The molecule has 1 aliphatic rings. The molecule has 3 nitrogen and oxygen atoms in total. The lowest BCUT2D eigenvalue weighted by molar-refractivity contribution is 0.0935. The molecule has 0 bridgehead atoms. The predicted molar refractivity (Wildman–Crippen MR) is 90.2 cm³/mol. The van der Waals surface area contributed by atoms with E-state index in [0.717, 1.165) is 37.7 Å². The van der Waals surface area contributed by atoms with E-state index in [-0.39, 0.29) is 24.4 Å². The largest absolute Gasteiger partial charge is 0.348 e. The third kappa shape index (κ3) is 5.01. The zero-order chi connectivity index (χ0) is 14.4. The molecule has 0 radical (unpaired) electrons. The van der Waals surface area contributed by atoms with E-state index in [0.29, 0.717) is 6.54 Å². The second-order valence-corrected chi connectivity index (χ2v) is 5.74. The van der Waals surface area contributed by atoms with Gasteiger partial charge in [0.1, 0.15) is 0 Å². The number of aryl methyl sites for hydroxylation is 2. The summed E-state index contributed by atoms with van der Waals surface area (Å²) in [4.78, 5) is 12.3. The van der Waals surface area contributed by atoms with Gasteiger partial charge in [0.2, 0.25) is 0 Å². The fourth-order valence-electron chi connectivity index (χ4n) is 2.84. The second-order valence-electron chi connectivity index (χ2n) is 5.74. The van der Waals surface area contributed by atoms with Crippen LogP contribution in [0.5, 0.6) is 0 Å². The fraction of sp³-hybridized carbons (Fsp3) is 0.588. The Hall–Kier alpha value is -1.06. The Kier molecular flexibility index (Phi) is 7.76. The van der Waals surface area contributed by atoms with Crippen LogP contribution in [0, 0.1) is 0 Å². The molecular weight excluding hydrogens is 284 g/mol. The van der Waals surface area contributed by atoms with Gasteiger partial charge in [0.15, 0.2) is 0 Å². The number of carbonyl (C=O) groups is 1. The molecule has 21 heavy (non-hydrogen) atoms. The minimum absolute atomic E-state index is 0. The SMILES string of the molecule is CCCCC(CN)NC(=O)c1ccc2c(c1)CCCC2.Cl. The van der Waals surface area contributed by atoms with Crippen LogP contribution in [-0.4, -0.2) is 18.5 Å². The second kappa shape index (κ2) is 9.06. The van der Waals surface area contributed by atoms with E-state index < -0.39 is 0 Å². The van der Waals surface area contributed by atoms with Gasteiger partial charge in [-0.2, -0.15) is 0 Å². The smallest absolute Gasteiger partial charge is 0.251 e. The molecule has 4 heteroatoms. The van der Waals surface area contributed by atoms with E-state index in [1.54, 1.807) is 0 Å². The summed E-state index contributed by atoms with van der Waals surface area (Å²) in [5.74, 6) is 0.0185. The van der Waals surface area contributed by atoms with Gasteiger partial charge in [-0.15, -0.1) is 12.4 Å². The summed E-state index contributed by atoms with van der Waals surface area (Å²) < 4.78 is 0. The molecule has 0 heterocycles. The van der Waals surface area contributed by atoms with Crippen molar-refractivity contribution >= 4 is 18.3 Å². The summed E-state index contributed by atoms with van der Waals surface area (Å²) in [6, 6.07) is 6.23. The molecule has 0 fully saturated rings. The van der Waals surface area contributed by atoms with Crippen LogP contribution in [0.2, 0.25) is 0 Å². The van der Waals surface area contributed by atoms with E-state index in [1.807, 2.05) is 6.07 Å². The van der Waals surface area contributed by atoms with Gasteiger partial charge in [0.05, 0.1) is 0 Å². The Morgan fingerprint density at radius 1 is 1.29 bits per heavy atom. The Balaban J connectivity index is 0.00000220. The van der Waals surface area contributed by atoms with E-state index in [1.165, 1.54) is 24.0 Å². The summed E-state index contributed by atoms with van der Waals surface area (Å²) in [6.45, 7) is 2.66. The van der Waals surface area contributed by atoms with Crippen molar-refractivity contribution in [1.29, 1.82) is 0 Å². The Morgan fingerprint density at radius 3 is 2.67 bits per heavy atom. The highest BCUT2D eigenvalue weighted by atomic mass is 35.5. The number of hydrogen-bond acceptors (Lipinski definition) is 2. The molecule has 118 valence electrons. The first-order chi connectivity index (χ1) is 9.74. The number of benzene rings is 1. The zero-order valence-electron chi connectivity index (χ0n) is 12.9. The van der Waals surface area contributed by atoms with E-state index in [2.05, 4.69) is 24.4 Å². The quantitative estimate of drug-likeness (QED) is 0.847. The topological polar surface area (TPSA) is 55.1 Å². The molecule has 1 unspecified atom stereocenters. The number of carbonyl (C=O) groups excluding carboxylic acids is 1. The van der Waals surface area contributed by atoms with Gasteiger partial charge in [-0.05, 0) is 55.4 Å². The normalized spacial score (nSPS) is 14.8. The lowest BCUT2D eigenvalue weighted by atomic mass is 9.90. The Labute approximate surface area is 134 Å². The lowest BCUT2D eigenvalue weighted by Gasteiger charge is -2.19. The van der Waals surface area contributed by atoms with Crippen LogP contribution in [-0.2, 0) is 12.8 Å². The van der Waals surface area contributed by atoms with Crippen LogP contribution >= 0.6 is 12.4 Å². The number of fused-ring (bicyclic) bond motifs is 1. The molecular formula is C17H27ClN2O. The molecule has 0 saturated carbocycles. The maximum Gasteiger partial charge on any atom is 0.251 e. The number of rotatable bonds is 6. The minimum Gasteiger partial charge on any atom is -0.348 e. The molecule has 2 rings (SSSR count). The van der Waals surface area contributed by atoms with Gasteiger partial charge in [-0.3, -0.25) is 4.79 Å². The summed E-state index contributed by atoms with van der Waals surface area (Å²) in [5.41, 5.74) is 9.27. The lowest BCUT2D eigenvalue weighted by Crippen LogP contribution is -2.40. The van der Waals surface area contributed by atoms with Crippen LogP contribution in [0.25, 0.3) is 0 Å². The number of unbranched alkanes of at least 4 members (excludes halogenated alkanes) is 1. The third-order valence-corrected chi connectivity index (χ3v) is 4.14. The predicted octanol–water partition coefficient (Wildman–Crippen LogP) is 3.23. The number of hydrogen-bond donors (Lipinski definition) is 2. The Morgan fingerprint density at radius 2 is 2.00 bits per heavy atom. The number of halogens is 1. The standard InChI is InChI=1S/C17H26N2O.ClH/c1-2-3-8-16(12-18)19-17(20)15-10-9-13-6-4-5-7-14(13)11-15;/h9-11,16H,2-8,12,18H2,1H3,(H,19,20);1H. The van der Waals surface area contributed by atoms with Crippen molar-refractivity contribution in [2.24, 2.45) is 5.73 Å². The van der Waals surface area contributed by atoms with E-state index in [4.69, 9.17) is 5.73 Å². The van der Waals surface area contributed by atoms with Crippen molar-refractivity contribution < 1.29 is 4.79 Å². The highest BCUT2D eigenvalue weighted by molar-refractivity contribution is 5.94. The molecule has 1 aromatic carbocycles. The first-order valence-corrected chi connectivity index (χ1v) is 7.87. The van der Waals surface area contributed by atoms with Crippen molar-refractivity contribution in [2.75, 3.05) is 6.54 Å². The summed E-state index contributed by atoms with van der Waals surface area (Å²) in [7, 11) is 0. The van der Waals surface area contributed by atoms with Crippen LogP contribution in [0.1, 0.15) is 60.5 Å². The highest BCUT2D eigenvalue weighted by Gasteiger charge is 2.15. The van der Waals surface area contributed by atoms with Gasteiger partial charge >= 0.3 is 0 Å². The van der Waals surface area contributed by atoms with Crippen molar-refractivity contribution in [3.63, 3.8) is 0 Å². The molecule has 3 N–H and O–H groups in total. The van der Waals surface area contributed by atoms with Crippen molar-refractivity contribution in [3.05, 3.63) is 34.9 Å². The average molecular weight is 311 g/mol. The van der Waals surface area contributed by atoms with Crippen molar-refractivity contribution in [2.45, 2.75) is 57.9 Å². The maximum atomic E-state index is 12.3. The molecule has 1 amide bonds. The van der Waals surface area contributed by atoms with E-state index >= 15 is 0 Å². The Bertz CT molecular complexity index is 462. The highest BCUT2D eigenvalue weighted by Crippen LogP contribution is 2.22. The minimum atomic E-state index is 0. The van der Waals surface area contributed by atoms with Crippen molar-refractivity contribution in [1.82, 2.24) is 5.32 Å². The fourth-order valence-corrected chi connectivity index (χ4v) is 2.84. The number of nitrogens with two attached hydrogens (primary N) is 1. The van der Waals surface area contributed by atoms with Gasteiger partial charge in [-0.25, -0.2) is 0 Å².